The first-order chi connectivity index (χ1) is 19.4. The number of halogens is 2. The van der Waals surface area contributed by atoms with Crippen molar-refractivity contribution < 1.29 is 32.6 Å². The number of primary amides is 1. The van der Waals surface area contributed by atoms with E-state index in [9.17, 15) is 23.2 Å². The van der Waals surface area contributed by atoms with E-state index in [0.717, 1.165) is 43.2 Å². The van der Waals surface area contributed by atoms with E-state index < -0.39 is 30.1 Å². The maximum Gasteiger partial charge on any atom is 0.345 e. The van der Waals surface area contributed by atoms with E-state index in [4.69, 9.17) is 15.2 Å². The van der Waals surface area contributed by atoms with Crippen molar-refractivity contribution >= 4 is 17.8 Å². The Morgan fingerprint density at radius 3 is 2.46 bits per heavy atom. The number of rotatable bonds is 11. The first-order valence-corrected chi connectivity index (χ1v) is 15.0. The van der Waals surface area contributed by atoms with E-state index in [-0.39, 0.29) is 31.4 Å². The normalized spacial score (nSPS) is 25.7. The minimum absolute atomic E-state index is 0.00673. The van der Waals surface area contributed by atoms with Crippen molar-refractivity contribution in [3.8, 4) is 0 Å². The molecule has 10 heteroatoms. The number of hydrogen-bond donors (Lipinski definition) is 2. The lowest BCUT2D eigenvalue weighted by molar-refractivity contribution is -0.170. The summed E-state index contributed by atoms with van der Waals surface area (Å²) in [5.41, 5.74) is 7.62. The number of ether oxygens (including phenoxy) is 2. The fraction of sp³-hybridized carbons (Fsp3) is 0.710. The summed E-state index contributed by atoms with van der Waals surface area (Å²) >= 11 is 0. The van der Waals surface area contributed by atoms with Crippen LogP contribution in [0, 0.1) is 5.92 Å². The third kappa shape index (κ3) is 8.70. The van der Waals surface area contributed by atoms with Gasteiger partial charge in [-0.05, 0) is 95.2 Å². The molecule has 3 atom stereocenters. The minimum atomic E-state index is -2.71. The molecule has 1 heterocycles. The van der Waals surface area contributed by atoms with Gasteiger partial charge in [0.25, 0.3) is 5.91 Å². The predicted octanol–water partition coefficient (Wildman–Crippen LogP) is 4.86. The second kappa shape index (κ2) is 13.6. The SMILES string of the molecule is CC(C)(C)OC(=O)CC[C@@H](C(N)=O)N1Cc2cc(C[C@H]3CCCC[C@@H]3NC3CCC(OC(F)F)CC3)ccc2C1=O. The second-order valence-electron chi connectivity index (χ2n) is 12.9. The van der Waals surface area contributed by atoms with Gasteiger partial charge in [0.05, 0.1) is 6.10 Å². The number of benzene rings is 1. The van der Waals surface area contributed by atoms with Crippen LogP contribution in [0.3, 0.4) is 0 Å². The van der Waals surface area contributed by atoms with Crippen LogP contribution in [-0.4, -0.2) is 59.1 Å². The molecule has 3 N–H and O–H groups in total. The van der Waals surface area contributed by atoms with Crippen molar-refractivity contribution in [2.45, 2.75) is 134 Å². The molecule has 2 amide bonds. The van der Waals surface area contributed by atoms with E-state index in [1.54, 1.807) is 20.8 Å². The molecule has 0 radical (unpaired) electrons. The fourth-order valence-corrected chi connectivity index (χ4v) is 6.66. The van der Waals surface area contributed by atoms with Crippen molar-refractivity contribution in [1.29, 1.82) is 0 Å². The van der Waals surface area contributed by atoms with E-state index in [1.807, 2.05) is 12.1 Å². The number of esters is 1. The molecule has 8 nitrogen and oxygen atoms in total. The Morgan fingerprint density at radius 2 is 1.80 bits per heavy atom. The van der Waals surface area contributed by atoms with Crippen molar-refractivity contribution in [3.63, 3.8) is 0 Å². The second-order valence-corrected chi connectivity index (χ2v) is 12.9. The molecule has 1 aliphatic heterocycles. The number of amides is 2. The van der Waals surface area contributed by atoms with Crippen LogP contribution in [0.5, 0.6) is 0 Å². The average molecular weight is 578 g/mol. The number of carbonyl (C=O) groups is 3. The third-order valence-corrected chi connectivity index (χ3v) is 8.57. The lowest BCUT2D eigenvalue weighted by Crippen LogP contribution is -2.47. The first-order valence-electron chi connectivity index (χ1n) is 15.0. The zero-order valence-corrected chi connectivity index (χ0v) is 24.5. The molecule has 0 unspecified atom stereocenters. The van der Waals surface area contributed by atoms with Crippen LogP contribution < -0.4 is 11.1 Å². The summed E-state index contributed by atoms with van der Waals surface area (Å²) in [6.07, 6.45) is 8.16. The smallest absolute Gasteiger partial charge is 0.345 e. The Hall–Kier alpha value is -2.59. The van der Waals surface area contributed by atoms with Gasteiger partial charge in [0, 0.05) is 30.6 Å². The molecule has 228 valence electrons. The van der Waals surface area contributed by atoms with Crippen LogP contribution >= 0.6 is 0 Å². The Kier molecular flexibility index (Phi) is 10.4. The number of nitrogens with two attached hydrogens (primary N) is 1. The minimum Gasteiger partial charge on any atom is -0.460 e. The van der Waals surface area contributed by atoms with E-state index in [0.29, 0.717) is 36.4 Å². The highest BCUT2D eigenvalue weighted by molar-refractivity contribution is 6.01. The summed E-state index contributed by atoms with van der Waals surface area (Å²) in [6.45, 7) is 2.90. The standard InChI is InChI=1S/C31H45F2N3O5/c1-31(2,3)41-27(37)15-14-26(28(34)38)36-18-21-17-19(8-13-24(21)29(36)39)16-20-6-4-5-7-25(20)35-22-9-11-23(12-10-22)40-30(32)33/h8,13,17,20,22-23,25-26,30,35H,4-7,9-12,14-16,18H2,1-3H3,(H2,34,38)/t20-,22?,23?,25+,26+/m1/s1. The molecule has 1 aromatic rings. The fourth-order valence-electron chi connectivity index (χ4n) is 6.66. The zero-order chi connectivity index (χ0) is 29.7. The summed E-state index contributed by atoms with van der Waals surface area (Å²) in [5, 5.41) is 3.84. The molecular weight excluding hydrogens is 532 g/mol. The largest absolute Gasteiger partial charge is 0.460 e. The molecule has 0 spiro atoms. The first kappa shape index (κ1) is 31.3. The van der Waals surface area contributed by atoms with Gasteiger partial charge >= 0.3 is 12.6 Å². The molecule has 41 heavy (non-hydrogen) atoms. The maximum atomic E-state index is 13.2. The highest BCUT2D eigenvalue weighted by Crippen LogP contribution is 2.33. The maximum absolute atomic E-state index is 13.2. The number of nitrogens with one attached hydrogen (secondary N) is 1. The number of nitrogens with zero attached hydrogens (tertiary/aromatic N) is 1. The Bertz CT molecular complexity index is 1080. The van der Waals surface area contributed by atoms with Gasteiger partial charge in [-0.25, -0.2) is 0 Å². The quantitative estimate of drug-likeness (QED) is 0.364. The molecule has 0 saturated heterocycles. The highest BCUT2D eigenvalue weighted by atomic mass is 19.3. The van der Waals surface area contributed by atoms with E-state index >= 15 is 0 Å². The van der Waals surface area contributed by atoms with Crippen molar-refractivity contribution in [2.75, 3.05) is 0 Å². The van der Waals surface area contributed by atoms with Gasteiger partial charge in [-0.1, -0.05) is 25.0 Å². The van der Waals surface area contributed by atoms with Crippen LogP contribution in [-0.2, 0) is 32.0 Å². The lowest BCUT2D eigenvalue weighted by atomic mass is 9.79. The van der Waals surface area contributed by atoms with Gasteiger partial charge in [0.1, 0.15) is 11.6 Å². The molecule has 2 fully saturated rings. The summed E-state index contributed by atoms with van der Waals surface area (Å²) in [5.74, 6) is -0.873. The summed E-state index contributed by atoms with van der Waals surface area (Å²) < 4.78 is 35.2. The number of fused-ring (bicyclic) bond motifs is 1. The summed E-state index contributed by atoms with van der Waals surface area (Å²) in [7, 11) is 0. The summed E-state index contributed by atoms with van der Waals surface area (Å²) in [6, 6.07) is 5.69. The lowest BCUT2D eigenvalue weighted by Gasteiger charge is -2.38. The number of alkyl halides is 2. The highest BCUT2D eigenvalue weighted by Gasteiger charge is 2.37. The molecule has 4 rings (SSSR count). The van der Waals surface area contributed by atoms with Gasteiger partial charge < -0.3 is 25.4 Å². The molecule has 2 saturated carbocycles. The van der Waals surface area contributed by atoms with Crippen LogP contribution in [0.1, 0.15) is 106 Å². The molecule has 2 aliphatic carbocycles. The van der Waals surface area contributed by atoms with E-state index in [2.05, 4.69) is 11.4 Å². The van der Waals surface area contributed by atoms with Gasteiger partial charge in [0.2, 0.25) is 5.91 Å². The van der Waals surface area contributed by atoms with Crippen LogP contribution in [0.25, 0.3) is 0 Å². The van der Waals surface area contributed by atoms with Crippen LogP contribution in [0.4, 0.5) is 8.78 Å². The van der Waals surface area contributed by atoms with Gasteiger partial charge in [-0.15, -0.1) is 0 Å². The molecule has 1 aromatic carbocycles. The van der Waals surface area contributed by atoms with Crippen LogP contribution in [0.15, 0.2) is 18.2 Å². The average Bonchev–Trinajstić information content (AvgIpc) is 3.20. The Balaban J connectivity index is 1.36. The Labute approximate surface area is 241 Å². The number of hydrogen-bond acceptors (Lipinski definition) is 6. The van der Waals surface area contributed by atoms with Gasteiger partial charge in [0.15, 0.2) is 0 Å². The van der Waals surface area contributed by atoms with Crippen molar-refractivity contribution in [2.24, 2.45) is 11.7 Å². The van der Waals surface area contributed by atoms with Gasteiger partial charge in [-0.2, -0.15) is 8.78 Å². The third-order valence-electron chi connectivity index (χ3n) is 8.57. The molecular formula is C31H45F2N3O5. The molecule has 3 aliphatic rings. The predicted molar refractivity (Wildman–Crippen MR) is 150 cm³/mol. The Morgan fingerprint density at radius 1 is 1.10 bits per heavy atom. The molecule has 0 bridgehead atoms. The molecule has 0 aromatic heterocycles. The summed E-state index contributed by atoms with van der Waals surface area (Å²) in [4.78, 5) is 39.2. The topological polar surface area (TPSA) is 111 Å². The zero-order valence-electron chi connectivity index (χ0n) is 24.5. The van der Waals surface area contributed by atoms with Crippen molar-refractivity contribution in [3.05, 3.63) is 34.9 Å². The van der Waals surface area contributed by atoms with Gasteiger partial charge in [-0.3, -0.25) is 14.4 Å². The number of carbonyl (C=O) groups excluding carboxylic acids is 3. The monoisotopic (exact) mass is 577 g/mol. The van der Waals surface area contributed by atoms with Crippen molar-refractivity contribution in [1.82, 2.24) is 10.2 Å². The van der Waals surface area contributed by atoms with Crippen LogP contribution in [0.2, 0.25) is 0 Å². The van der Waals surface area contributed by atoms with E-state index in [1.165, 1.54) is 17.7 Å².